The highest BCUT2D eigenvalue weighted by molar-refractivity contribution is 5.86. The van der Waals surface area contributed by atoms with E-state index in [9.17, 15) is 4.79 Å². The van der Waals surface area contributed by atoms with Gasteiger partial charge in [-0.05, 0) is 49.2 Å². The lowest BCUT2D eigenvalue weighted by molar-refractivity contribution is -0.133. The first-order valence-electron chi connectivity index (χ1n) is 10.1. The number of pyridine rings is 1. The van der Waals surface area contributed by atoms with Crippen LogP contribution in [0.5, 0.6) is 0 Å². The highest BCUT2D eigenvalue weighted by Gasteiger charge is 2.35. The predicted octanol–water partition coefficient (Wildman–Crippen LogP) is 4.57. The minimum Gasteiger partial charge on any atom is -0.469 e. The van der Waals surface area contributed by atoms with Gasteiger partial charge in [-0.15, -0.1) is 0 Å². The lowest BCUT2D eigenvalue weighted by Crippen LogP contribution is -2.41. The Morgan fingerprint density at radius 3 is 2.90 bits per heavy atom. The van der Waals surface area contributed by atoms with Gasteiger partial charge in [0, 0.05) is 41.7 Å². The number of aromatic nitrogens is 2. The number of nitrogens with zero attached hydrogens (tertiary/aromatic N) is 2. The van der Waals surface area contributed by atoms with E-state index < -0.39 is 0 Å². The normalized spacial score (nSPS) is 16.2. The fourth-order valence-corrected chi connectivity index (χ4v) is 4.36. The molecule has 5 heteroatoms. The van der Waals surface area contributed by atoms with Crippen LogP contribution in [0, 0.1) is 6.92 Å². The van der Waals surface area contributed by atoms with E-state index in [-0.39, 0.29) is 11.9 Å². The molecule has 4 heterocycles. The smallest absolute Gasteiger partial charge is 0.223 e. The molecule has 0 spiro atoms. The van der Waals surface area contributed by atoms with Crippen LogP contribution in [-0.4, -0.2) is 27.3 Å². The third kappa shape index (κ3) is 3.23. The molecule has 0 aliphatic carbocycles. The van der Waals surface area contributed by atoms with Gasteiger partial charge in [-0.2, -0.15) is 0 Å². The third-order valence-electron chi connectivity index (χ3n) is 5.71. The van der Waals surface area contributed by atoms with Crippen molar-refractivity contribution in [2.24, 2.45) is 0 Å². The number of H-pyrrole nitrogens is 1. The lowest BCUT2D eigenvalue weighted by atomic mass is 9.94. The van der Waals surface area contributed by atoms with E-state index in [1.54, 1.807) is 6.26 Å². The van der Waals surface area contributed by atoms with Gasteiger partial charge in [0.1, 0.15) is 11.8 Å². The first kappa shape index (κ1) is 17.7. The van der Waals surface area contributed by atoms with E-state index in [4.69, 9.17) is 9.40 Å². The summed E-state index contributed by atoms with van der Waals surface area (Å²) in [5.41, 5.74) is 5.35. The Bertz CT molecular complexity index is 1160. The SMILES string of the molecule is Cc1cccc([C@H]2c3[nH]c4ccccc4c3CCN2C(=O)CCc2ccco2)n1. The van der Waals surface area contributed by atoms with Gasteiger partial charge in [-0.25, -0.2) is 0 Å². The number of carbonyl (C=O) groups excluding carboxylic acids is 1. The van der Waals surface area contributed by atoms with Crippen LogP contribution in [-0.2, 0) is 17.6 Å². The van der Waals surface area contributed by atoms with Gasteiger partial charge in [0.2, 0.25) is 5.91 Å². The molecule has 146 valence electrons. The van der Waals surface area contributed by atoms with Crippen molar-refractivity contribution in [3.8, 4) is 0 Å². The molecule has 0 saturated carbocycles. The van der Waals surface area contributed by atoms with Gasteiger partial charge in [-0.1, -0.05) is 24.3 Å². The van der Waals surface area contributed by atoms with Crippen molar-refractivity contribution in [2.45, 2.75) is 32.2 Å². The van der Waals surface area contributed by atoms with Crippen molar-refractivity contribution in [2.75, 3.05) is 6.54 Å². The summed E-state index contributed by atoms with van der Waals surface area (Å²) >= 11 is 0. The van der Waals surface area contributed by atoms with Gasteiger partial charge in [0.25, 0.3) is 0 Å². The second-order valence-electron chi connectivity index (χ2n) is 7.59. The number of nitrogens with one attached hydrogen (secondary N) is 1. The monoisotopic (exact) mass is 385 g/mol. The van der Waals surface area contributed by atoms with Crippen LogP contribution in [0.15, 0.2) is 65.3 Å². The van der Waals surface area contributed by atoms with E-state index in [1.165, 1.54) is 10.9 Å². The molecular formula is C24H23N3O2. The largest absolute Gasteiger partial charge is 0.469 e. The quantitative estimate of drug-likeness (QED) is 0.560. The van der Waals surface area contributed by atoms with Crippen LogP contribution in [0.3, 0.4) is 0 Å². The maximum atomic E-state index is 13.2. The van der Waals surface area contributed by atoms with Gasteiger partial charge in [0.05, 0.1) is 12.0 Å². The van der Waals surface area contributed by atoms with E-state index in [0.717, 1.165) is 34.8 Å². The summed E-state index contributed by atoms with van der Waals surface area (Å²) in [7, 11) is 0. The molecule has 29 heavy (non-hydrogen) atoms. The summed E-state index contributed by atoms with van der Waals surface area (Å²) in [4.78, 5) is 23.6. The van der Waals surface area contributed by atoms with Crippen molar-refractivity contribution < 1.29 is 9.21 Å². The minimum atomic E-state index is -0.199. The van der Waals surface area contributed by atoms with Crippen molar-refractivity contribution in [3.63, 3.8) is 0 Å². The topological polar surface area (TPSA) is 62.1 Å². The second-order valence-corrected chi connectivity index (χ2v) is 7.59. The Morgan fingerprint density at radius 1 is 1.17 bits per heavy atom. The van der Waals surface area contributed by atoms with Crippen LogP contribution in [0.2, 0.25) is 0 Å². The van der Waals surface area contributed by atoms with Crippen LogP contribution >= 0.6 is 0 Å². The fraction of sp³-hybridized carbons (Fsp3) is 0.250. The van der Waals surface area contributed by atoms with Crippen molar-refractivity contribution in [1.29, 1.82) is 0 Å². The van der Waals surface area contributed by atoms with Gasteiger partial charge in [0.15, 0.2) is 0 Å². The zero-order valence-corrected chi connectivity index (χ0v) is 16.4. The number of hydrogen-bond donors (Lipinski definition) is 1. The highest BCUT2D eigenvalue weighted by atomic mass is 16.3. The number of para-hydroxylation sites is 1. The van der Waals surface area contributed by atoms with E-state index in [1.807, 2.05) is 48.2 Å². The molecule has 0 saturated heterocycles. The molecule has 1 amide bonds. The summed E-state index contributed by atoms with van der Waals surface area (Å²) in [6.45, 7) is 2.67. The van der Waals surface area contributed by atoms with E-state index in [0.29, 0.717) is 19.4 Å². The molecule has 1 atom stereocenters. The molecule has 1 N–H and O–H groups in total. The maximum absolute atomic E-state index is 13.2. The van der Waals surface area contributed by atoms with Crippen LogP contribution in [0.1, 0.15) is 40.9 Å². The molecule has 1 aliphatic heterocycles. The number of carbonyl (C=O) groups is 1. The molecule has 1 aromatic carbocycles. The summed E-state index contributed by atoms with van der Waals surface area (Å²) in [6, 6.07) is 17.9. The molecule has 0 bridgehead atoms. The highest BCUT2D eigenvalue weighted by Crippen LogP contribution is 2.38. The van der Waals surface area contributed by atoms with Crippen molar-refractivity contribution in [1.82, 2.24) is 14.9 Å². The Hall–Kier alpha value is -3.34. The molecule has 0 fully saturated rings. The third-order valence-corrected chi connectivity index (χ3v) is 5.71. The number of fused-ring (bicyclic) bond motifs is 3. The molecule has 5 rings (SSSR count). The zero-order valence-electron chi connectivity index (χ0n) is 16.4. The minimum absolute atomic E-state index is 0.124. The summed E-state index contributed by atoms with van der Waals surface area (Å²) in [5, 5.41) is 1.24. The second kappa shape index (κ2) is 7.24. The molecule has 0 unspecified atom stereocenters. The molecule has 5 nitrogen and oxygen atoms in total. The summed E-state index contributed by atoms with van der Waals surface area (Å²) in [6.07, 6.45) is 3.52. The summed E-state index contributed by atoms with van der Waals surface area (Å²) in [5.74, 6) is 0.964. The first-order chi connectivity index (χ1) is 14.2. The molecule has 0 radical (unpaired) electrons. The van der Waals surface area contributed by atoms with Gasteiger partial charge < -0.3 is 14.3 Å². The number of furan rings is 1. The standard InChI is InChI=1S/C24H23N3O2/c1-16-6-4-10-21(25-16)24-23-19(18-8-2-3-9-20(18)26-23)13-14-27(24)22(28)12-11-17-7-5-15-29-17/h2-10,15,24,26H,11-14H2,1H3/t24-/m0/s1. The molecule has 4 aromatic rings. The Kier molecular flexibility index (Phi) is 4.43. The number of hydrogen-bond acceptors (Lipinski definition) is 3. The number of aryl methyl sites for hydroxylation is 2. The maximum Gasteiger partial charge on any atom is 0.223 e. The molecule has 1 aliphatic rings. The van der Waals surface area contributed by atoms with E-state index >= 15 is 0 Å². The first-order valence-corrected chi connectivity index (χ1v) is 10.1. The van der Waals surface area contributed by atoms with Crippen molar-refractivity contribution in [3.05, 3.63) is 89.3 Å². The number of amides is 1. The van der Waals surface area contributed by atoms with Crippen LogP contribution < -0.4 is 0 Å². The lowest BCUT2D eigenvalue weighted by Gasteiger charge is -2.35. The van der Waals surface area contributed by atoms with Crippen LogP contribution in [0.25, 0.3) is 10.9 Å². The fourth-order valence-electron chi connectivity index (χ4n) is 4.36. The van der Waals surface area contributed by atoms with Crippen molar-refractivity contribution >= 4 is 16.8 Å². The average Bonchev–Trinajstić information content (AvgIpc) is 3.38. The number of benzene rings is 1. The van der Waals surface area contributed by atoms with Crippen LogP contribution in [0.4, 0.5) is 0 Å². The Morgan fingerprint density at radius 2 is 2.07 bits per heavy atom. The Balaban J connectivity index is 1.54. The predicted molar refractivity (Wildman–Crippen MR) is 112 cm³/mol. The molecular weight excluding hydrogens is 362 g/mol. The van der Waals surface area contributed by atoms with Gasteiger partial charge in [-0.3, -0.25) is 9.78 Å². The zero-order chi connectivity index (χ0) is 19.8. The summed E-state index contributed by atoms with van der Waals surface area (Å²) < 4.78 is 5.41. The average molecular weight is 385 g/mol. The van der Waals surface area contributed by atoms with E-state index in [2.05, 4.69) is 23.2 Å². The Labute approximate surface area is 169 Å². The van der Waals surface area contributed by atoms with Gasteiger partial charge >= 0.3 is 0 Å². The molecule has 3 aromatic heterocycles. The number of aromatic amines is 1. The number of rotatable bonds is 4.